The lowest BCUT2D eigenvalue weighted by atomic mass is 9.91. The first-order valence-corrected chi connectivity index (χ1v) is 9.08. The third kappa shape index (κ3) is 2.76. The van der Waals surface area contributed by atoms with Crippen molar-refractivity contribution in [2.24, 2.45) is 5.92 Å². The third-order valence-electron chi connectivity index (χ3n) is 4.89. The van der Waals surface area contributed by atoms with Crippen LogP contribution in [-0.4, -0.2) is 24.7 Å². The highest BCUT2D eigenvalue weighted by Crippen LogP contribution is 2.41. The van der Waals surface area contributed by atoms with Crippen LogP contribution in [0.25, 0.3) is 0 Å². The summed E-state index contributed by atoms with van der Waals surface area (Å²) >= 11 is 0. The predicted octanol–water partition coefficient (Wildman–Crippen LogP) is 2.68. The van der Waals surface area contributed by atoms with Gasteiger partial charge in [-0.3, -0.25) is 4.79 Å². The number of sulfone groups is 1. The molecule has 2 bridgehead atoms. The molecule has 2 unspecified atom stereocenters. The Morgan fingerprint density at radius 2 is 1.76 bits per heavy atom. The van der Waals surface area contributed by atoms with E-state index in [1.165, 1.54) is 6.07 Å². The van der Waals surface area contributed by atoms with Crippen LogP contribution in [0.3, 0.4) is 0 Å². The molecule has 0 amide bonds. The number of rotatable bonds is 4. The molecule has 5 heteroatoms. The van der Waals surface area contributed by atoms with E-state index in [2.05, 4.69) is 0 Å². The first-order valence-electron chi connectivity index (χ1n) is 7.47. The quantitative estimate of drug-likeness (QED) is 0.859. The Labute approximate surface area is 124 Å². The largest absolute Gasteiger partial charge is 0.299 e. The van der Waals surface area contributed by atoms with E-state index in [1.54, 1.807) is 18.2 Å². The van der Waals surface area contributed by atoms with E-state index < -0.39 is 9.84 Å². The number of halogens is 1. The number of carbonyl (C=O) groups excluding carboxylic acids is 1. The molecule has 0 spiro atoms. The number of Topliss-reactive ketones (excluding diaryl/α,β-unsaturated/α-hetero) is 1. The van der Waals surface area contributed by atoms with Crippen molar-refractivity contribution < 1.29 is 17.6 Å². The Kier molecular flexibility index (Phi) is 3.86. The Hall–Kier alpha value is -1.23. The first-order chi connectivity index (χ1) is 9.98. The van der Waals surface area contributed by atoms with Crippen LogP contribution in [-0.2, 0) is 21.1 Å². The minimum atomic E-state index is -2.98. The molecule has 2 heterocycles. The zero-order valence-electron chi connectivity index (χ0n) is 11.8. The van der Waals surface area contributed by atoms with Crippen LogP contribution in [0.2, 0.25) is 0 Å². The standard InChI is InChI=1S/C16H19FO3S/c17-15-4-2-1-3-11(15)5-8-16(18)12-9-13-6-7-14(10-12)21(13,19)20/h1-4,12-14H,5-10H2. The number of benzene rings is 1. The molecule has 2 fully saturated rings. The molecular formula is C16H19FO3S. The summed E-state index contributed by atoms with van der Waals surface area (Å²) in [6.07, 6.45) is 3.02. The summed E-state index contributed by atoms with van der Waals surface area (Å²) in [5, 5.41) is -0.641. The van der Waals surface area contributed by atoms with E-state index in [9.17, 15) is 17.6 Å². The van der Waals surface area contributed by atoms with Crippen LogP contribution in [0.5, 0.6) is 0 Å². The molecule has 0 radical (unpaired) electrons. The maximum atomic E-state index is 13.5. The van der Waals surface area contributed by atoms with Gasteiger partial charge in [0.1, 0.15) is 11.6 Å². The molecule has 3 nitrogen and oxygen atoms in total. The number of carbonyl (C=O) groups is 1. The number of ketones is 1. The number of hydrogen-bond donors (Lipinski definition) is 0. The van der Waals surface area contributed by atoms with E-state index in [-0.39, 0.29) is 28.0 Å². The molecule has 2 atom stereocenters. The lowest BCUT2D eigenvalue weighted by molar-refractivity contribution is -0.123. The molecule has 3 rings (SSSR count). The van der Waals surface area contributed by atoms with Crippen molar-refractivity contribution in [1.29, 1.82) is 0 Å². The second-order valence-corrected chi connectivity index (χ2v) is 8.65. The van der Waals surface area contributed by atoms with Gasteiger partial charge < -0.3 is 0 Å². The fourth-order valence-electron chi connectivity index (χ4n) is 3.63. The van der Waals surface area contributed by atoms with Crippen molar-refractivity contribution in [3.05, 3.63) is 35.6 Å². The fraction of sp³-hybridized carbons (Fsp3) is 0.562. The van der Waals surface area contributed by atoms with Gasteiger partial charge in [0.05, 0.1) is 10.5 Å². The van der Waals surface area contributed by atoms with Crippen molar-refractivity contribution in [3.63, 3.8) is 0 Å². The van der Waals surface area contributed by atoms with Gasteiger partial charge in [-0.25, -0.2) is 12.8 Å². The zero-order chi connectivity index (χ0) is 15.0. The van der Waals surface area contributed by atoms with Crippen molar-refractivity contribution in [1.82, 2.24) is 0 Å². The summed E-state index contributed by atoms with van der Waals surface area (Å²) in [5.41, 5.74) is 0.553. The van der Waals surface area contributed by atoms with Crippen LogP contribution in [0.4, 0.5) is 4.39 Å². The number of fused-ring (bicyclic) bond motifs is 2. The topological polar surface area (TPSA) is 51.2 Å². The van der Waals surface area contributed by atoms with E-state index in [1.807, 2.05) is 0 Å². The van der Waals surface area contributed by atoms with Crippen LogP contribution >= 0.6 is 0 Å². The number of hydrogen-bond acceptors (Lipinski definition) is 3. The molecule has 2 aliphatic rings. The molecular weight excluding hydrogens is 291 g/mol. The van der Waals surface area contributed by atoms with Crippen LogP contribution in [0.1, 0.15) is 37.7 Å². The zero-order valence-corrected chi connectivity index (χ0v) is 12.6. The van der Waals surface area contributed by atoms with Crippen LogP contribution in [0, 0.1) is 11.7 Å². The summed E-state index contributed by atoms with van der Waals surface area (Å²) in [6.45, 7) is 0. The highest BCUT2D eigenvalue weighted by atomic mass is 32.2. The minimum Gasteiger partial charge on any atom is -0.299 e. The molecule has 0 aliphatic carbocycles. The van der Waals surface area contributed by atoms with E-state index in [0.717, 1.165) is 0 Å². The molecule has 114 valence electrons. The molecule has 0 saturated carbocycles. The molecule has 0 N–H and O–H groups in total. The van der Waals surface area contributed by atoms with E-state index in [0.29, 0.717) is 44.1 Å². The SMILES string of the molecule is O=C(CCc1ccccc1F)C1CC2CCC(C1)S2(=O)=O. The predicted molar refractivity (Wildman–Crippen MR) is 78.2 cm³/mol. The molecule has 2 saturated heterocycles. The van der Waals surface area contributed by atoms with Gasteiger partial charge >= 0.3 is 0 Å². The highest BCUT2D eigenvalue weighted by Gasteiger charge is 2.48. The van der Waals surface area contributed by atoms with Gasteiger partial charge in [0.2, 0.25) is 0 Å². The molecule has 1 aromatic carbocycles. The molecule has 1 aromatic rings. The van der Waals surface area contributed by atoms with E-state index in [4.69, 9.17) is 0 Å². The Morgan fingerprint density at radius 3 is 2.38 bits per heavy atom. The van der Waals surface area contributed by atoms with Crippen molar-refractivity contribution >= 4 is 15.6 Å². The average molecular weight is 310 g/mol. The van der Waals surface area contributed by atoms with Gasteiger partial charge in [-0.2, -0.15) is 0 Å². The summed E-state index contributed by atoms with van der Waals surface area (Å²) in [4.78, 5) is 12.3. The maximum Gasteiger partial charge on any atom is 0.156 e. The summed E-state index contributed by atoms with van der Waals surface area (Å²) in [6, 6.07) is 6.48. The monoisotopic (exact) mass is 310 g/mol. The first kappa shape index (κ1) is 14.7. The van der Waals surface area contributed by atoms with Gasteiger partial charge in [-0.05, 0) is 43.7 Å². The summed E-state index contributed by atoms with van der Waals surface area (Å²) in [7, 11) is -2.98. The van der Waals surface area contributed by atoms with Crippen LogP contribution in [0.15, 0.2) is 24.3 Å². The Balaban J connectivity index is 1.62. The summed E-state index contributed by atoms with van der Waals surface area (Å²) in [5.74, 6) is -0.348. The van der Waals surface area contributed by atoms with Gasteiger partial charge in [0, 0.05) is 12.3 Å². The fourth-order valence-corrected chi connectivity index (χ4v) is 6.11. The van der Waals surface area contributed by atoms with Crippen molar-refractivity contribution in [2.75, 3.05) is 0 Å². The molecule has 2 aliphatic heterocycles. The molecule has 21 heavy (non-hydrogen) atoms. The summed E-state index contributed by atoms with van der Waals surface area (Å²) < 4.78 is 37.5. The minimum absolute atomic E-state index is 0.0880. The Bertz CT molecular complexity index is 633. The molecule has 0 aromatic heterocycles. The normalized spacial score (nSPS) is 30.2. The van der Waals surface area contributed by atoms with Gasteiger partial charge in [-0.1, -0.05) is 18.2 Å². The average Bonchev–Trinajstić information content (AvgIpc) is 2.66. The van der Waals surface area contributed by atoms with Gasteiger partial charge in [0.15, 0.2) is 9.84 Å². The van der Waals surface area contributed by atoms with Crippen molar-refractivity contribution in [2.45, 2.75) is 49.0 Å². The maximum absolute atomic E-state index is 13.5. The Morgan fingerprint density at radius 1 is 1.14 bits per heavy atom. The second-order valence-electron chi connectivity index (χ2n) is 6.14. The third-order valence-corrected chi connectivity index (χ3v) is 7.60. The smallest absolute Gasteiger partial charge is 0.156 e. The second kappa shape index (κ2) is 5.52. The van der Waals surface area contributed by atoms with E-state index >= 15 is 0 Å². The van der Waals surface area contributed by atoms with Crippen LogP contribution < -0.4 is 0 Å². The van der Waals surface area contributed by atoms with Crippen molar-refractivity contribution in [3.8, 4) is 0 Å². The highest BCUT2D eigenvalue weighted by molar-refractivity contribution is 7.93. The lowest BCUT2D eigenvalue weighted by Crippen LogP contribution is -2.36. The lowest BCUT2D eigenvalue weighted by Gasteiger charge is -2.26. The number of aryl methyl sites for hydroxylation is 1. The van der Waals surface area contributed by atoms with Gasteiger partial charge in [0.25, 0.3) is 0 Å². The van der Waals surface area contributed by atoms with Gasteiger partial charge in [-0.15, -0.1) is 0 Å².